The van der Waals surface area contributed by atoms with E-state index in [0.29, 0.717) is 28.0 Å². The number of rotatable bonds is 6. The standard InChI is InChI=1S/C21H19N3O3S2/c1-13(24-20(26)18(29-21(24)28)11-15-5-4-10-27-15)19(25)22-9-8-14-12-23-17-7-3-2-6-16(14)17/h2-7,10-13,23H,8-9H2,1H3,(H,22,25)/b18-11-/t13-/m0/s1. The number of para-hydroxylation sites is 1. The van der Waals surface area contributed by atoms with E-state index >= 15 is 0 Å². The van der Waals surface area contributed by atoms with Crippen molar-refractivity contribution in [3.63, 3.8) is 0 Å². The number of aromatic amines is 1. The largest absolute Gasteiger partial charge is 0.465 e. The van der Waals surface area contributed by atoms with E-state index in [1.165, 1.54) is 22.9 Å². The zero-order chi connectivity index (χ0) is 20.4. The number of hydrogen-bond donors (Lipinski definition) is 2. The molecule has 2 aromatic heterocycles. The summed E-state index contributed by atoms with van der Waals surface area (Å²) in [4.78, 5) is 30.4. The molecule has 0 spiro atoms. The molecule has 1 fully saturated rings. The smallest absolute Gasteiger partial charge is 0.267 e. The van der Waals surface area contributed by atoms with Crippen LogP contribution in [0.15, 0.2) is 58.2 Å². The molecule has 4 rings (SSSR count). The van der Waals surface area contributed by atoms with Crippen molar-refractivity contribution in [3.05, 3.63) is 65.1 Å². The van der Waals surface area contributed by atoms with E-state index < -0.39 is 6.04 Å². The molecule has 2 amide bonds. The Labute approximate surface area is 177 Å². The number of hydrogen-bond acceptors (Lipinski definition) is 5. The first kappa shape index (κ1) is 19.5. The fourth-order valence-electron chi connectivity index (χ4n) is 3.24. The minimum atomic E-state index is -0.687. The van der Waals surface area contributed by atoms with Gasteiger partial charge in [-0.15, -0.1) is 0 Å². The van der Waals surface area contributed by atoms with Gasteiger partial charge in [-0.2, -0.15) is 0 Å². The molecule has 0 aliphatic carbocycles. The van der Waals surface area contributed by atoms with Gasteiger partial charge in [-0.1, -0.05) is 42.2 Å². The third-order valence-corrected chi connectivity index (χ3v) is 6.11. The third-order valence-electron chi connectivity index (χ3n) is 4.78. The number of benzene rings is 1. The molecule has 0 bridgehead atoms. The molecule has 1 aliphatic heterocycles. The Morgan fingerprint density at radius 2 is 2.17 bits per heavy atom. The van der Waals surface area contributed by atoms with Crippen molar-refractivity contribution in [2.24, 2.45) is 0 Å². The zero-order valence-corrected chi connectivity index (χ0v) is 17.3. The van der Waals surface area contributed by atoms with Crippen LogP contribution in [0.3, 0.4) is 0 Å². The Balaban J connectivity index is 1.37. The minimum absolute atomic E-state index is 0.236. The second-order valence-electron chi connectivity index (χ2n) is 6.64. The third kappa shape index (κ3) is 3.99. The van der Waals surface area contributed by atoms with Gasteiger partial charge in [0.25, 0.3) is 5.91 Å². The normalized spacial score (nSPS) is 16.7. The van der Waals surface area contributed by atoms with Crippen LogP contribution in [-0.2, 0) is 16.0 Å². The molecule has 3 heterocycles. The highest BCUT2D eigenvalue weighted by atomic mass is 32.2. The van der Waals surface area contributed by atoms with Crippen LogP contribution in [0.2, 0.25) is 0 Å². The molecule has 2 N–H and O–H groups in total. The molecule has 1 atom stereocenters. The summed E-state index contributed by atoms with van der Waals surface area (Å²) < 4.78 is 5.62. The Morgan fingerprint density at radius 1 is 1.34 bits per heavy atom. The number of carbonyl (C=O) groups excluding carboxylic acids is 2. The first-order valence-corrected chi connectivity index (χ1v) is 10.4. The van der Waals surface area contributed by atoms with E-state index in [2.05, 4.69) is 16.4 Å². The lowest BCUT2D eigenvalue weighted by atomic mass is 10.1. The summed E-state index contributed by atoms with van der Waals surface area (Å²) >= 11 is 6.50. The molecule has 0 unspecified atom stereocenters. The Hall–Kier alpha value is -2.84. The lowest BCUT2D eigenvalue weighted by molar-refractivity contribution is -0.132. The number of carbonyl (C=O) groups is 2. The van der Waals surface area contributed by atoms with E-state index in [1.807, 2.05) is 24.4 Å². The number of nitrogens with one attached hydrogen (secondary N) is 2. The number of furan rings is 1. The van der Waals surface area contributed by atoms with Crippen LogP contribution in [0.5, 0.6) is 0 Å². The van der Waals surface area contributed by atoms with Gasteiger partial charge in [0.2, 0.25) is 5.91 Å². The highest BCUT2D eigenvalue weighted by Gasteiger charge is 2.38. The molecular formula is C21H19N3O3S2. The Morgan fingerprint density at radius 3 is 2.97 bits per heavy atom. The lowest BCUT2D eigenvalue weighted by Crippen LogP contribution is -2.47. The van der Waals surface area contributed by atoms with Gasteiger partial charge in [0.15, 0.2) is 0 Å². The summed E-state index contributed by atoms with van der Waals surface area (Å²) in [5.41, 5.74) is 2.21. The van der Waals surface area contributed by atoms with Crippen LogP contribution >= 0.6 is 24.0 Å². The topological polar surface area (TPSA) is 78.3 Å². The molecule has 6 nitrogen and oxygen atoms in total. The van der Waals surface area contributed by atoms with E-state index in [1.54, 1.807) is 25.1 Å². The molecule has 148 valence electrons. The maximum Gasteiger partial charge on any atom is 0.267 e. The Bertz CT molecular complexity index is 1100. The monoisotopic (exact) mass is 425 g/mol. The number of H-pyrrole nitrogens is 1. The predicted octanol–water partition coefficient (Wildman–Crippen LogP) is 3.71. The van der Waals surface area contributed by atoms with Crippen molar-refractivity contribution >= 4 is 57.1 Å². The number of aromatic nitrogens is 1. The number of thiocarbonyl (C=S) groups is 1. The predicted molar refractivity (Wildman–Crippen MR) is 118 cm³/mol. The molecule has 1 aromatic carbocycles. The summed E-state index contributed by atoms with van der Waals surface area (Å²) in [7, 11) is 0. The highest BCUT2D eigenvalue weighted by molar-refractivity contribution is 8.26. The Kier molecular flexibility index (Phi) is 5.55. The number of amides is 2. The first-order chi connectivity index (χ1) is 14.0. The van der Waals surface area contributed by atoms with E-state index in [0.717, 1.165) is 16.5 Å². The van der Waals surface area contributed by atoms with E-state index in [9.17, 15) is 9.59 Å². The van der Waals surface area contributed by atoms with Crippen LogP contribution in [0.1, 0.15) is 18.2 Å². The van der Waals surface area contributed by atoms with Gasteiger partial charge in [0, 0.05) is 29.7 Å². The zero-order valence-electron chi connectivity index (χ0n) is 15.7. The molecule has 3 aromatic rings. The summed E-state index contributed by atoms with van der Waals surface area (Å²) in [5.74, 6) is 0.0532. The number of nitrogens with zero attached hydrogens (tertiary/aromatic N) is 1. The molecule has 0 radical (unpaired) electrons. The summed E-state index contributed by atoms with van der Waals surface area (Å²) in [6, 6.07) is 10.9. The van der Waals surface area contributed by atoms with Crippen molar-refractivity contribution < 1.29 is 14.0 Å². The average molecular weight is 426 g/mol. The van der Waals surface area contributed by atoms with Gasteiger partial charge >= 0.3 is 0 Å². The maximum absolute atomic E-state index is 12.7. The molecule has 8 heteroatoms. The molecule has 29 heavy (non-hydrogen) atoms. The van der Waals surface area contributed by atoms with Gasteiger partial charge < -0.3 is 14.7 Å². The van der Waals surface area contributed by atoms with Crippen LogP contribution in [0.4, 0.5) is 0 Å². The molecule has 0 saturated carbocycles. The SMILES string of the molecule is C[C@@H](C(=O)NCCc1c[nH]c2ccccc12)N1C(=O)/C(=C/c2ccco2)SC1=S. The lowest BCUT2D eigenvalue weighted by Gasteiger charge is -2.22. The van der Waals surface area contributed by atoms with Gasteiger partial charge in [-0.3, -0.25) is 14.5 Å². The number of fused-ring (bicyclic) bond motifs is 1. The van der Waals surface area contributed by atoms with Crippen LogP contribution in [-0.4, -0.2) is 38.6 Å². The van der Waals surface area contributed by atoms with Gasteiger partial charge in [-0.05, 0) is 37.1 Å². The van der Waals surface area contributed by atoms with Crippen molar-refractivity contribution in [1.29, 1.82) is 0 Å². The molecule has 1 saturated heterocycles. The fraction of sp³-hybridized carbons (Fsp3) is 0.190. The summed E-state index contributed by atoms with van der Waals surface area (Å²) in [6.45, 7) is 2.16. The first-order valence-electron chi connectivity index (χ1n) is 9.18. The highest BCUT2D eigenvalue weighted by Crippen LogP contribution is 2.34. The minimum Gasteiger partial charge on any atom is -0.465 e. The molecule has 1 aliphatic rings. The number of thioether (sulfide) groups is 1. The van der Waals surface area contributed by atoms with E-state index in [4.69, 9.17) is 16.6 Å². The van der Waals surface area contributed by atoms with Gasteiger partial charge in [0.05, 0.1) is 11.2 Å². The van der Waals surface area contributed by atoms with Gasteiger partial charge in [0.1, 0.15) is 16.1 Å². The summed E-state index contributed by atoms with van der Waals surface area (Å²) in [6.07, 6.45) is 5.83. The van der Waals surface area contributed by atoms with Crippen molar-refractivity contribution in [2.75, 3.05) is 6.54 Å². The maximum atomic E-state index is 12.7. The van der Waals surface area contributed by atoms with Crippen molar-refractivity contribution in [1.82, 2.24) is 15.2 Å². The van der Waals surface area contributed by atoms with E-state index in [-0.39, 0.29) is 11.8 Å². The average Bonchev–Trinajstić information content (AvgIpc) is 3.43. The van der Waals surface area contributed by atoms with Crippen LogP contribution in [0.25, 0.3) is 17.0 Å². The van der Waals surface area contributed by atoms with Crippen molar-refractivity contribution in [3.8, 4) is 0 Å². The fourth-order valence-corrected chi connectivity index (χ4v) is 4.64. The second-order valence-corrected chi connectivity index (χ2v) is 8.32. The summed E-state index contributed by atoms with van der Waals surface area (Å²) in [5, 5.41) is 4.06. The second kappa shape index (κ2) is 8.26. The van der Waals surface area contributed by atoms with Crippen molar-refractivity contribution in [2.45, 2.75) is 19.4 Å². The van der Waals surface area contributed by atoms with Crippen LogP contribution < -0.4 is 5.32 Å². The van der Waals surface area contributed by atoms with Crippen LogP contribution in [0, 0.1) is 0 Å². The quantitative estimate of drug-likeness (QED) is 0.465. The van der Waals surface area contributed by atoms with Gasteiger partial charge in [-0.25, -0.2) is 0 Å². The molecular weight excluding hydrogens is 406 g/mol.